The van der Waals surface area contributed by atoms with Gasteiger partial charge in [-0.3, -0.25) is 4.98 Å². The Hall–Kier alpha value is -3.69. The predicted molar refractivity (Wildman–Crippen MR) is 114 cm³/mol. The van der Waals surface area contributed by atoms with Crippen LogP contribution in [-0.4, -0.2) is 41.0 Å². The van der Waals surface area contributed by atoms with Gasteiger partial charge in [0.25, 0.3) is 0 Å². The number of carbonyl (C=O) groups is 1. The van der Waals surface area contributed by atoms with E-state index >= 15 is 0 Å². The molecule has 7 nitrogen and oxygen atoms in total. The summed E-state index contributed by atoms with van der Waals surface area (Å²) in [6.07, 6.45) is 0.822. The molecule has 0 saturated heterocycles. The van der Waals surface area contributed by atoms with E-state index in [0.717, 1.165) is 0 Å². The van der Waals surface area contributed by atoms with Gasteiger partial charge >= 0.3 is 6.03 Å². The molecule has 1 fully saturated rings. The minimum absolute atomic E-state index is 0.168. The summed E-state index contributed by atoms with van der Waals surface area (Å²) in [6.45, 7) is 0.240. The second kappa shape index (κ2) is 8.81. The molecule has 2 aromatic heterocycles. The zero-order valence-corrected chi connectivity index (χ0v) is 17.2. The van der Waals surface area contributed by atoms with Gasteiger partial charge in [-0.25, -0.2) is 18.0 Å². The molecule has 166 valence electrons. The highest BCUT2D eigenvalue weighted by Crippen LogP contribution is 2.45. The van der Waals surface area contributed by atoms with E-state index in [1.165, 1.54) is 37.5 Å². The fourth-order valence-corrected chi connectivity index (χ4v) is 3.81. The molecule has 3 aromatic rings. The first kappa shape index (κ1) is 21.5. The van der Waals surface area contributed by atoms with Gasteiger partial charge in [-0.1, -0.05) is 0 Å². The first-order valence-electron chi connectivity index (χ1n) is 10.0. The number of aromatic nitrogens is 3. The van der Waals surface area contributed by atoms with Crippen LogP contribution >= 0.6 is 0 Å². The van der Waals surface area contributed by atoms with E-state index in [4.69, 9.17) is 0 Å². The summed E-state index contributed by atoms with van der Waals surface area (Å²) in [5.41, 5.74) is 0.300. The number of halogens is 3. The van der Waals surface area contributed by atoms with E-state index in [2.05, 4.69) is 31.1 Å². The number of pyridine rings is 1. The molecule has 0 radical (unpaired) electrons. The van der Waals surface area contributed by atoms with Crippen LogP contribution in [0.4, 0.5) is 29.5 Å². The molecular weight excluding hydrogens is 421 g/mol. The van der Waals surface area contributed by atoms with Gasteiger partial charge in [0.2, 0.25) is 0 Å². The standard InChI is InChI=1S/C22H21F3N6O/c1-26-21(32)29-14-4-5-15(17(25)9-14)18-6-7-19(31-30-18)28-12-22(10-13(23)11-22)20-16(24)3-2-8-27-20/h2-9,13H,10-12H2,1H3,(H,28,31)(H2,26,29,32)/t13-,22-. The molecule has 0 bridgehead atoms. The summed E-state index contributed by atoms with van der Waals surface area (Å²) < 4.78 is 42.4. The van der Waals surface area contributed by atoms with E-state index in [1.54, 1.807) is 18.2 Å². The molecule has 2 heterocycles. The Morgan fingerprint density at radius 1 is 1.12 bits per heavy atom. The van der Waals surface area contributed by atoms with Gasteiger partial charge in [0.15, 0.2) is 0 Å². The molecule has 0 aliphatic heterocycles. The molecule has 1 aliphatic rings. The number of anilines is 2. The molecule has 1 aromatic carbocycles. The lowest BCUT2D eigenvalue weighted by Gasteiger charge is -2.44. The minimum Gasteiger partial charge on any atom is -0.368 e. The van der Waals surface area contributed by atoms with E-state index in [-0.39, 0.29) is 30.6 Å². The number of benzene rings is 1. The molecule has 32 heavy (non-hydrogen) atoms. The van der Waals surface area contributed by atoms with E-state index in [0.29, 0.717) is 17.2 Å². The van der Waals surface area contributed by atoms with Crippen molar-refractivity contribution in [1.82, 2.24) is 20.5 Å². The van der Waals surface area contributed by atoms with Crippen molar-refractivity contribution in [3.8, 4) is 11.3 Å². The maximum absolute atomic E-state index is 14.5. The van der Waals surface area contributed by atoms with Gasteiger partial charge in [0, 0.05) is 36.5 Å². The third kappa shape index (κ3) is 4.34. The van der Waals surface area contributed by atoms with Gasteiger partial charge in [0.1, 0.15) is 23.6 Å². The van der Waals surface area contributed by atoms with Crippen molar-refractivity contribution in [3.05, 3.63) is 66.0 Å². The van der Waals surface area contributed by atoms with Crippen LogP contribution in [-0.2, 0) is 5.41 Å². The van der Waals surface area contributed by atoms with Crippen LogP contribution in [0.5, 0.6) is 0 Å². The maximum Gasteiger partial charge on any atom is 0.318 e. The van der Waals surface area contributed by atoms with Crippen LogP contribution in [0, 0.1) is 11.6 Å². The molecule has 3 N–H and O–H groups in total. The first-order valence-corrected chi connectivity index (χ1v) is 10.0. The van der Waals surface area contributed by atoms with E-state index < -0.39 is 29.3 Å². The number of nitrogens with one attached hydrogen (secondary N) is 3. The lowest BCUT2D eigenvalue weighted by atomic mass is 9.65. The topological polar surface area (TPSA) is 91.8 Å². The van der Waals surface area contributed by atoms with Gasteiger partial charge in [-0.2, -0.15) is 0 Å². The summed E-state index contributed by atoms with van der Waals surface area (Å²) >= 11 is 0. The van der Waals surface area contributed by atoms with Crippen molar-refractivity contribution in [2.75, 3.05) is 24.2 Å². The molecular formula is C22H21F3N6O. The van der Waals surface area contributed by atoms with Crippen molar-refractivity contribution in [1.29, 1.82) is 0 Å². The van der Waals surface area contributed by atoms with Crippen molar-refractivity contribution < 1.29 is 18.0 Å². The third-order valence-corrected chi connectivity index (χ3v) is 5.49. The van der Waals surface area contributed by atoms with Crippen molar-refractivity contribution >= 4 is 17.5 Å². The van der Waals surface area contributed by atoms with Crippen molar-refractivity contribution in [2.45, 2.75) is 24.4 Å². The number of rotatable bonds is 6. The zero-order valence-electron chi connectivity index (χ0n) is 17.2. The smallest absolute Gasteiger partial charge is 0.318 e. The van der Waals surface area contributed by atoms with Gasteiger partial charge in [0.05, 0.1) is 11.4 Å². The Balaban J connectivity index is 1.46. The number of hydrogen-bond acceptors (Lipinski definition) is 5. The first-order chi connectivity index (χ1) is 15.4. The summed E-state index contributed by atoms with van der Waals surface area (Å²) in [4.78, 5) is 15.5. The van der Waals surface area contributed by atoms with Crippen LogP contribution in [0.15, 0.2) is 48.7 Å². The third-order valence-electron chi connectivity index (χ3n) is 5.49. The highest BCUT2D eigenvalue weighted by molar-refractivity contribution is 5.89. The molecule has 1 saturated carbocycles. The second-order valence-electron chi connectivity index (χ2n) is 7.68. The number of hydrogen-bond donors (Lipinski definition) is 3. The average Bonchev–Trinajstić information content (AvgIpc) is 2.77. The largest absolute Gasteiger partial charge is 0.368 e. The average molecular weight is 442 g/mol. The molecule has 2 amide bonds. The molecule has 1 aliphatic carbocycles. The summed E-state index contributed by atoms with van der Waals surface area (Å²) in [5.74, 6) is -0.639. The molecule has 0 atom stereocenters. The number of urea groups is 1. The number of alkyl halides is 1. The Morgan fingerprint density at radius 2 is 1.94 bits per heavy atom. The van der Waals surface area contributed by atoms with Gasteiger partial charge in [-0.05, 0) is 55.3 Å². The highest BCUT2D eigenvalue weighted by atomic mass is 19.1. The lowest BCUT2D eigenvalue weighted by molar-refractivity contribution is 0.0964. The molecule has 10 heteroatoms. The van der Waals surface area contributed by atoms with Crippen LogP contribution in [0.3, 0.4) is 0 Å². The van der Waals surface area contributed by atoms with Crippen LogP contribution in [0.2, 0.25) is 0 Å². The summed E-state index contributed by atoms with van der Waals surface area (Å²) in [6, 6.07) is 9.79. The molecule has 0 unspecified atom stereocenters. The molecule has 4 rings (SSSR count). The SMILES string of the molecule is CNC(=O)Nc1ccc(-c2ccc(NC[C@]3(c4ncccc4F)C[C@H](F)C3)nn2)c(F)c1. The lowest BCUT2D eigenvalue weighted by Crippen LogP contribution is -2.49. The highest BCUT2D eigenvalue weighted by Gasteiger charge is 2.48. The fraction of sp³-hybridized carbons (Fsp3) is 0.273. The summed E-state index contributed by atoms with van der Waals surface area (Å²) in [7, 11) is 1.46. The quantitative estimate of drug-likeness (QED) is 0.536. The van der Waals surface area contributed by atoms with Crippen LogP contribution < -0.4 is 16.0 Å². The van der Waals surface area contributed by atoms with Crippen molar-refractivity contribution in [2.24, 2.45) is 0 Å². The summed E-state index contributed by atoms with van der Waals surface area (Å²) in [5, 5.41) is 16.1. The Labute approximate surface area is 182 Å². The van der Waals surface area contributed by atoms with Crippen LogP contribution in [0.25, 0.3) is 11.3 Å². The normalized spacial score (nSPS) is 19.7. The maximum atomic E-state index is 14.5. The monoisotopic (exact) mass is 442 g/mol. The van der Waals surface area contributed by atoms with Gasteiger partial charge in [-0.15, -0.1) is 10.2 Å². The Bertz CT molecular complexity index is 1120. The minimum atomic E-state index is -1.00. The van der Waals surface area contributed by atoms with E-state index in [9.17, 15) is 18.0 Å². The number of nitrogens with zero attached hydrogens (tertiary/aromatic N) is 3. The van der Waals surface area contributed by atoms with E-state index in [1.807, 2.05) is 0 Å². The Morgan fingerprint density at radius 3 is 2.56 bits per heavy atom. The Kier molecular flexibility index (Phi) is 5.93. The second-order valence-corrected chi connectivity index (χ2v) is 7.68. The fourth-order valence-electron chi connectivity index (χ4n) is 3.81. The number of carbonyl (C=O) groups excluding carboxylic acids is 1. The number of amides is 2. The van der Waals surface area contributed by atoms with Crippen LogP contribution in [0.1, 0.15) is 18.5 Å². The zero-order chi connectivity index (χ0) is 22.7. The molecule has 0 spiro atoms. The van der Waals surface area contributed by atoms with Gasteiger partial charge < -0.3 is 16.0 Å². The predicted octanol–water partition coefficient (Wildman–Crippen LogP) is 4.05. The van der Waals surface area contributed by atoms with Crippen molar-refractivity contribution in [3.63, 3.8) is 0 Å².